The maximum Gasteiger partial charge on any atom is 0.249 e. The number of methoxy groups -OCH3 is 1. The predicted octanol–water partition coefficient (Wildman–Crippen LogP) is 0.943. The number of benzene rings is 1. The normalized spacial score (nSPS) is 10.5. The van der Waals surface area contributed by atoms with Gasteiger partial charge in [-0.1, -0.05) is 23.7 Å². The van der Waals surface area contributed by atoms with Crippen LogP contribution in [0.4, 0.5) is 0 Å². The average molecular weight is 298 g/mol. The lowest BCUT2D eigenvalue weighted by atomic mass is 10.2. The third kappa shape index (κ3) is 6.86. The number of halogens is 1. The van der Waals surface area contributed by atoms with Crippen LogP contribution in [0.1, 0.15) is 12.0 Å². The van der Waals surface area contributed by atoms with Crippen molar-refractivity contribution in [1.82, 2.24) is 10.7 Å². The molecular weight excluding hydrogens is 282 g/mol. The van der Waals surface area contributed by atoms with Crippen molar-refractivity contribution in [3.63, 3.8) is 0 Å². The summed E-state index contributed by atoms with van der Waals surface area (Å²) in [7, 11) is 1.53. The van der Waals surface area contributed by atoms with Crippen molar-refractivity contribution in [3.8, 4) is 0 Å². The minimum absolute atomic E-state index is 0.281. The zero-order valence-corrected chi connectivity index (χ0v) is 11.8. The van der Waals surface area contributed by atoms with E-state index in [1.165, 1.54) is 13.3 Å². The lowest BCUT2D eigenvalue weighted by Gasteiger charge is -2.03. The van der Waals surface area contributed by atoms with Crippen LogP contribution in [-0.4, -0.2) is 38.3 Å². The van der Waals surface area contributed by atoms with E-state index in [4.69, 9.17) is 16.3 Å². The standard InChI is InChI=1S/C13H16ClN3O3/c1-20-6-5-15-12(18)8-13(19)17-16-9-10-3-2-4-11(14)7-10/h2-4,7,9H,5-6,8H2,1H3,(H,15,18)(H,17,19)/b16-9-. The van der Waals surface area contributed by atoms with E-state index in [-0.39, 0.29) is 12.3 Å². The fraction of sp³-hybridized carbons (Fsp3) is 0.308. The van der Waals surface area contributed by atoms with E-state index in [0.717, 1.165) is 5.56 Å². The first-order valence-corrected chi connectivity index (χ1v) is 6.32. The maximum atomic E-state index is 11.4. The van der Waals surface area contributed by atoms with E-state index in [1.54, 1.807) is 24.3 Å². The summed E-state index contributed by atoms with van der Waals surface area (Å²) < 4.78 is 4.77. The van der Waals surface area contributed by atoms with Crippen molar-refractivity contribution in [2.45, 2.75) is 6.42 Å². The second kappa shape index (κ2) is 9.06. The van der Waals surface area contributed by atoms with Gasteiger partial charge in [-0.3, -0.25) is 9.59 Å². The summed E-state index contributed by atoms with van der Waals surface area (Å²) in [5.41, 5.74) is 3.02. The summed E-state index contributed by atoms with van der Waals surface area (Å²) in [5.74, 6) is -0.865. The molecule has 0 aliphatic carbocycles. The number of hydrogen-bond donors (Lipinski definition) is 2. The molecule has 1 rings (SSSR count). The van der Waals surface area contributed by atoms with Crippen LogP contribution in [0, 0.1) is 0 Å². The lowest BCUT2D eigenvalue weighted by molar-refractivity contribution is -0.129. The molecule has 6 nitrogen and oxygen atoms in total. The minimum Gasteiger partial charge on any atom is -0.383 e. The number of amides is 2. The van der Waals surface area contributed by atoms with Gasteiger partial charge in [-0.05, 0) is 17.7 Å². The van der Waals surface area contributed by atoms with Crippen LogP contribution in [0.3, 0.4) is 0 Å². The van der Waals surface area contributed by atoms with Gasteiger partial charge in [-0.25, -0.2) is 5.43 Å². The summed E-state index contributed by atoms with van der Waals surface area (Å²) in [6.45, 7) is 0.772. The smallest absolute Gasteiger partial charge is 0.249 e. The van der Waals surface area contributed by atoms with E-state index in [0.29, 0.717) is 18.2 Å². The molecule has 1 aromatic carbocycles. The number of hydrazone groups is 1. The van der Waals surface area contributed by atoms with Gasteiger partial charge in [0, 0.05) is 18.7 Å². The lowest BCUT2D eigenvalue weighted by Crippen LogP contribution is -2.31. The molecule has 0 unspecified atom stereocenters. The predicted molar refractivity (Wildman–Crippen MR) is 76.7 cm³/mol. The molecule has 20 heavy (non-hydrogen) atoms. The summed E-state index contributed by atoms with van der Waals surface area (Å²) in [6, 6.07) is 7.00. The van der Waals surface area contributed by atoms with Gasteiger partial charge in [0.2, 0.25) is 11.8 Å². The first kappa shape index (κ1) is 16.1. The summed E-state index contributed by atoms with van der Waals surface area (Å²) in [6.07, 6.45) is 1.17. The monoisotopic (exact) mass is 297 g/mol. The Hall–Kier alpha value is -1.92. The second-order valence-electron chi connectivity index (χ2n) is 3.87. The number of ether oxygens (including phenoxy) is 1. The fourth-order valence-corrected chi connectivity index (χ4v) is 1.50. The van der Waals surface area contributed by atoms with Crippen molar-refractivity contribution in [3.05, 3.63) is 34.9 Å². The first-order chi connectivity index (χ1) is 9.61. The molecule has 1 aromatic rings. The van der Waals surface area contributed by atoms with Crippen molar-refractivity contribution < 1.29 is 14.3 Å². The summed E-state index contributed by atoms with van der Waals surface area (Å²) >= 11 is 5.80. The number of carbonyl (C=O) groups excluding carboxylic acids is 2. The maximum absolute atomic E-state index is 11.4. The Labute approximate surface area is 122 Å². The van der Waals surface area contributed by atoms with Crippen molar-refractivity contribution in [2.75, 3.05) is 20.3 Å². The van der Waals surface area contributed by atoms with Crippen molar-refractivity contribution >= 4 is 29.6 Å². The van der Waals surface area contributed by atoms with Crippen LogP contribution in [0.2, 0.25) is 5.02 Å². The van der Waals surface area contributed by atoms with Crippen LogP contribution < -0.4 is 10.7 Å². The van der Waals surface area contributed by atoms with Crippen LogP contribution in [0.15, 0.2) is 29.4 Å². The molecule has 2 amide bonds. The Morgan fingerprint density at radius 2 is 2.20 bits per heavy atom. The molecule has 0 fully saturated rings. The molecule has 0 spiro atoms. The highest BCUT2D eigenvalue weighted by molar-refractivity contribution is 6.30. The highest BCUT2D eigenvalue weighted by Gasteiger charge is 2.07. The van der Waals surface area contributed by atoms with E-state index in [2.05, 4.69) is 15.8 Å². The summed E-state index contributed by atoms with van der Waals surface area (Å²) in [5, 5.41) is 6.86. The van der Waals surface area contributed by atoms with Crippen molar-refractivity contribution in [1.29, 1.82) is 0 Å². The number of nitrogens with zero attached hydrogens (tertiary/aromatic N) is 1. The Balaban J connectivity index is 2.30. The second-order valence-corrected chi connectivity index (χ2v) is 4.30. The molecule has 0 aliphatic heterocycles. The topological polar surface area (TPSA) is 79.8 Å². The molecule has 0 aliphatic rings. The van der Waals surface area contributed by atoms with Gasteiger partial charge in [-0.2, -0.15) is 5.10 Å². The number of nitrogens with one attached hydrogen (secondary N) is 2. The van der Waals surface area contributed by atoms with Gasteiger partial charge in [0.05, 0.1) is 12.8 Å². The highest BCUT2D eigenvalue weighted by atomic mass is 35.5. The molecule has 0 radical (unpaired) electrons. The fourth-order valence-electron chi connectivity index (χ4n) is 1.31. The van der Waals surface area contributed by atoms with E-state index < -0.39 is 5.91 Å². The number of carbonyl (C=O) groups is 2. The third-order valence-electron chi connectivity index (χ3n) is 2.20. The summed E-state index contributed by atoms with van der Waals surface area (Å²) in [4.78, 5) is 22.7. The van der Waals surface area contributed by atoms with Gasteiger partial charge in [0.25, 0.3) is 0 Å². The number of hydrogen-bond acceptors (Lipinski definition) is 4. The highest BCUT2D eigenvalue weighted by Crippen LogP contribution is 2.08. The molecule has 0 heterocycles. The van der Waals surface area contributed by atoms with Crippen LogP contribution >= 0.6 is 11.6 Å². The zero-order chi connectivity index (χ0) is 14.8. The molecular formula is C13H16ClN3O3. The molecule has 108 valence electrons. The quantitative estimate of drug-likeness (QED) is 0.340. The van der Waals surface area contributed by atoms with E-state index >= 15 is 0 Å². The Kier molecular flexibility index (Phi) is 7.31. The molecule has 0 bridgehead atoms. The first-order valence-electron chi connectivity index (χ1n) is 5.95. The SMILES string of the molecule is COCCNC(=O)CC(=O)N/N=C\c1cccc(Cl)c1. The van der Waals surface area contributed by atoms with Crippen LogP contribution in [-0.2, 0) is 14.3 Å². The molecule has 7 heteroatoms. The van der Waals surface area contributed by atoms with Gasteiger partial charge >= 0.3 is 0 Å². The van der Waals surface area contributed by atoms with Crippen molar-refractivity contribution in [2.24, 2.45) is 5.10 Å². The largest absolute Gasteiger partial charge is 0.383 e. The molecule has 0 saturated heterocycles. The third-order valence-corrected chi connectivity index (χ3v) is 2.44. The van der Waals surface area contributed by atoms with Gasteiger partial charge in [0.15, 0.2) is 0 Å². The number of rotatable bonds is 7. The zero-order valence-electron chi connectivity index (χ0n) is 11.1. The Morgan fingerprint density at radius 1 is 1.40 bits per heavy atom. The molecule has 2 N–H and O–H groups in total. The van der Waals surface area contributed by atoms with Crippen LogP contribution in [0.5, 0.6) is 0 Å². The Bertz CT molecular complexity index is 492. The van der Waals surface area contributed by atoms with Crippen LogP contribution in [0.25, 0.3) is 0 Å². The van der Waals surface area contributed by atoms with E-state index in [1.807, 2.05) is 0 Å². The van der Waals surface area contributed by atoms with Gasteiger partial charge < -0.3 is 10.1 Å². The molecule has 0 atom stereocenters. The molecule has 0 saturated carbocycles. The average Bonchev–Trinajstić information content (AvgIpc) is 2.39. The van der Waals surface area contributed by atoms with Gasteiger partial charge in [-0.15, -0.1) is 0 Å². The minimum atomic E-state index is -0.488. The van der Waals surface area contributed by atoms with Gasteiger partial charge in [0.1, 0.15) is 6.42 Å². The Morgan fingerprint density at radius 3 is 2.90 bits per heavy atom. The molecule has 0 aromatic heterocycles. The van der Waals surface area contributed by atoms with E-state index in [9.17, 15) is 9.59 Å².